The molecule has 2 unspecified atom stereocenters. The summed E-state index contributed by atoms with van der Waals surface area (Å²) in [6, 6.07) is 2.68. The first kappa shape index (κ1) is 40.2. The number of hydrogen-bond acceptors (Lipinski definition) is 9. The van der Waals surface area contributed by atoms with Crippen LogP contribution in [0.4, 0.5) is 0 Å². The number of nitrogens with zero attached hydrogens (tertiary/aromatic N) is 1. The molecular weight excluding hydrogens is 646 g/mol. The second-order valence-corrected chi connectivity index (χ2v) is 13.8. The number of ether oxygens (including phenoxy) is 1. The van der Waals surface area contributed by atoms with Crippen molar-refractivity contribution < 1.29 is 38.6 Å². The third-order valence-electron chi connectivity index (χ3n) is 9.45. The minimum atomic E-state index is -1.24. The minimum Gasteiger partial charge on any atom is -0.494 e. The molecule has 7 atom stereocenters. The molecule has 3 aliphatic heterocycles. The molecule has 0 saturated carbocycles. The first-order valence-corrected chi connectivity index (χ1v) is 17.6. The SMILES string of the molecule is CCC(C)C(NC(=O)[C@@H]1CCCN1C[C@H](O)[C@@H]1Cc2ccc(cc2)OCCCCC(=O)N[C@@H](CC(N)=O)C(=O)N1)C(=O)N[C@H](C(N)=O)C(C)C. The van der Waals surface area contributed by atoms with Crippen LogP contribution in [-0.2, 0) is 35.2 Å². The first-order chi connectivity index (χ1) is 23.7. The van der Waals surface area contributed by atoms with Crippen LogP contribution in [0, 0.1) is 11.8 Å². The van der Waals surface area contributed by atoms with E-state index in [1.54, 1.807) is 26.0 Å². The molecule has 0 radical (unpaired) electrons. The maximum absolute atomic E-state index is 13.7. The number of nitrogens with two attached hydrogens (primary N) is 2. The van der Waals surface area contributed by atoms with Gasteiger partial charge in [-0.2, -0.15) is 0 Å². The van der Waals surface area contributed by atoms with E-state index in [9.17, 15) is 33.9 Å². The number of carbonyl (C=O) groups is 6. The Balaban J connectivity index is 1.81. The third kappa shape index (κ3) is 12.0. The molecule has 15 heteroatoms. The van der Waals surface area contributed by atoms with Crippen molar-refractivity contribution in [3.63, 3.8) is 0 Å². The summed E-state index contributed by atoms with van der Waals surface area (Å²) in [5.74, 6) is -3.26. The van der Waals surface area contributed by atoms with Crippen LogP contribution in [0.25, 0.3) is 0 Å². The van der Waals surface area contributed by atoms with Crippen molar-refractivity contribution in [2.75, 3.05) is 19.7 Å². The van der Waals surface area contributed by atoms with Gasteiger partial charge in [0.25, 0.3) is 0 Å². The molecule has 0 spiro atoms. The van der Waals surface area contributed by atoms with Gasteiger partial charge in [-0.15, -0.1) is 0 Å². The van der Waals surface area contributed by atoms with Crippen LogP contribution in [0.1, 0.15) is 78.2 Å². The van der Waals surface area contributed by atoms with Gasteiger partial charge in [0.2, 0.25) is 35.4 Å². The summed E-state index contributed by atoms with van der Waals surface area (Å²) in [4.78, 5) is 78.7. The van der Waals surface area contributed by atoms with Crippen LogP contribution in [0.5, 0.6) is 5.75 Å². The fourth-order valence-corrected chi connectivity index (χ4v) is 6.27. The molecule has 0 aliphatic carbocycles. The average molecular weight is 702 g/mol. The lowest BCUT2D eigenvalue weighted by Crippen LogP contribution is -2.59. The summed E-state index contributed by atoms with van der Waals surface area (Å²) < 4.78 is 5.78. The predicted molar refractivity (Wildman–Crippen MR) is 185 cm³/mol. The Bertz CT molecular complexity index is 1340. The van der Waals surface area contributed by atoms with Gasteiger partial charge in [-0.1, -0.05) is 46.2 Å². The molecule has 3 aliphatic rings. The van der Waals surface area contributed by atoms with Crippen molar-refractivity contribution in [1.82, 2.24) is 26.2 Å². The van der Waals surface area contributed by atoms with Gasteiger partial charge in [0.1, 0.15) is 23.9 Å². The fraction of sp³-hybridized carbons (Fsp3) is 0.657. The zero-order chi connectivity index (χ0) is 37.0. The summed E-state index contributed by atoms with van der Waals surface area (Å²) >= 11 is 0. The van der Waals surface area contributed by atoms with Gasteiger partial charge in [-0.05, 0) is 68.2 Å². The number of nitrogens with one attached hydrogen (secondary N) is 4. The Morgan fingerprint density at radius 2 is 1.70 bits per heavy atom. The lowest BCUT2D eigenvalue weighted by atomic mass is 9.96. The van der Waals surface area contributed by atoms with Crippen LogP contribution in [0.3, 0.4) is 0 Å². The summed E-state index contributed by atoms with van der Waals surface area (Å²) in [7, 11) is 0. The van der Waals surface area contributed by atoms with E-state index >= 15 is 0 Å². The minimum absolute atomic E-state index is 0.00830. The maximum Gasteiger partial charge on any atom is 0.243 e. The number of likely N-dealkylation sites (tertiary alicyclic amines) is 1. The molecule has 50 heavy (non-hydrogen) atoms. The quantitative estimate of drug-likeness (QED) is 0.142. The number of aliphatic hydroxyl groups is 1. The average Bonchev–Trinajstić information content (AvgIpc) is 3.52. The molecule has 9 N–H and O–H groups in total. The van der Waals surface area contributed by atoms with Crippen molar-refractivity contribution in [2.24, 2.45) is 23.3 Å². The fourth-order valence-electron chi connectivity index (χ4n) is 6.27. The molecule has 4 rings (SSSR count). The third-order valence-corrected chi connectivity index (χ3v) is 9.45. The lowest BCUT2D eigenvalue weighted by molar-refractivity contribution is -0.134. The highest BCUT2D eigenvalue weighted by Crippen LogP contribution is 2.21. The van der Waals surface area contributed by atoms with E-state index in [0.717, 1.165) is 5.56 Å². The number of β-amino-alcohol motifs (C(OH)–C–C–N with tert-alkyl or cyclic N) is 1. The van der Waals surface area contributed by atoms with Gasteiger partial charge in [0, 0.05) is 13.0 Å². The van der Waals surface area contributed by atoms with Gasteiger partial charge >= 0.3 is 0 Å². The number of rotatable bonds is 13. The number of amides is 6. The van der Waals surface area contributed by atoms with E-state index in [4.69, 9.17) is 16.2 Å². The molecule has 2 bridgehead atoms. The van der Waals surface area contributed by atoms with Crippen LogP contribution < -0.4 is 37.5 Å². The van der Waals surface area contributed by atoms with Gasteiger partial charge in [0.15, 0.2) is 0 Å². The van der Waals surface area contributed by atoms with Crippen molar-refractivity contribution in [3.8, 4) is 5.75 Å². The van der Waals surface area contributed by atoms with Crippen molar-refractivity contribution >= 4 is 35.4 Å². The molecule has 0 aromatic heterocycles. The highest BCUT2D eigenvalue weighted by molar-refractivity contribution is 5.93. The summed E-state index contributed by atoms with van der Waals surface area (Å²) in [6.45, 7) is 8.16. The molecule has 1 aromatic rings. The molecule has 1 fully saturated rings. The Hall–Kier alpha value is -4.24. The normalized spacial score (nSPS) is 23.1. The predicted octanol–water partition coefficient (Wildman–Crippen LogP) is -0.381. The zero-order valence-corrected chi connectivity index (χ0v) is 29.6. The van der Waals surface area contributed by atoms with E-state index in [1.807, 2.05) is 30.9 Å². The molecule has 1 saturated heterocycles. The first-order valence-electron chi connectivity index (χ1n) is 17.6. The topological polar surface area (TPSA) is 235 Å². The Morgan fingerprint density at radius 1 is 1.00 bits per heavy atom. The van der Waals surface area contributed by atoms with Crippen LogP contribution in [0.2, 0.25) is 0 Å². The van der Waals surface area contributed by atoms with E-state index in [-0.39, 0.29) is 31.2 Å². The lowest BCUT2D eigenvalue weighted by Gasteiger charge is -2.33. The molecular formula is C35H55N7O8. The second kappa shape index (κ2) is 19.2. The Labute approximate surface area is 294 Å². The smallest absolute Gasteiger partial charge is 0.243 e. The van der Waals surface area contributed by atoms with Crippen LogP contribution >= 0.6 is 0 Å². The molecule has 15 nitrogen and oxygen atoms in total. The Morgan fingerprint density at radius 3 is 2.32 bits per heavy atom. The second-order valence-electron chi connectivity index (χ2n) is 13.8. The number of aliphatic hydroxyl groups excluding tert-OH is 1. The molecule has 3 heterocycles. The zero-order valence-electron chi connectivity index (χ0n) is 29.6. The highest BCUT2D eigenvalue weighted by atomic mass is 16.5. The maximum atomic E-state index is 13.7. The largest absolute Gasteiger partial charge is 0.494 e. The molecule has 278 valence electrons. The molecule has 6 amide bonds. The standard InChI is InChI=1S/C35H55N7O8/c1-5-21(4)31(35(49)40-30(20(2)3)32(37)46)41-34(48)26-9-8-15-42(26)19-27(43)24-17-22-11-13-23(14-12-22)50-16-7-6-10-29(45)38-25(18-28(36)44)33(47)39-24/h11-14,20-21,24-27,30-31,43H,5-10,15-19H2,1-4H3,(H2,36,44)(H2,37,46)(H,38,45)(H,39,47)(H,40,49)(H,41,48)/t21?,24-,25-,26-,27-,30-,31?/m0/s1. The van der Waals surface area contributed by atoms with Crippen molar-refractivity contribution in [3.05, 3.63) is 29.8 Å². The van der Waals surface area contributed by atoms with Crippen LogP contribution in [-0.4, -0.2) is 101 Å². The Kier molecular flexibility index (Phi) is 15.5. The van der Waals surface area contributed by atoms with Gasteiger partial charge in [0.05, 0.1) is 31.2 Å². The number of carbonyl (C=O) groups excluding carboxylic acids is 6. The van der Waals surface area contributed by atoms with Crippen molar-refractivity contribution in [2.45, 2.75) is 115 Å². The number of primary amides is 2. The van der Waals surface area contributed by atoms with E-state index in [0.29, 0.717) is 51.0 Å². The monoisotopic (exact) mass is 701 g/mol. The summed E-state index contributed by atoms with van der Waals surface area (Å²) in [5.41, 5.74) is 11.7. The van der Waals surface area contributed by atoms with Gasteiger partial charge in [-0.25, -0.2) is 0 Å². The van der Waals surface area contributed by atoms with E-state index in [2.05, 4.69) is 21.3 Å². The number of fused-ring (bicyclic) bond motifs is 13. The summed E-state index contributed by atoms with van der Waals surface area (Å²) in [5, 5.41) is 22.6. The molecule has 1 aromatic carbocycles. The number of benzene rings is 1. The van der Waals surface area contributed by atoms with Crippen LogP contribution in [0.15, 0.2) is 24.3 Å². The van der Waals surface area contributed by atoms with Gasteiger partial charge in [-0.3, -0.25) is 33.7 Å². The van der Waals surface area contributed by atoms with E-state index < -0.39 is 78.2 Å². The highest BCUT2D eigenvalue weighted by Gasteiger charge is 2.38. The van der Waals surface area contributed by atoms with E-state index in [1.165, 1.54) is 0 Å². The van der Waals surface area contributed by atoms with Crippen molar-refractivity contribution in [1.29, 1.82) is 0 Å². The van der Waals surface area contributed by atoms with Gasteiger partial charge < -0.3 is 42.6 Å². The number of hydrogen-bond donors (Lipinski definition) is 7. The summed E-state index contributed by atoms with van der Waals surface area (Å²) in [6.07, 6.45) is 1.57.